The molecule has 0 spiro atoms. The van der Waals surface area contributed by atoms with Crippen molar-refractivity contribution in [3.63, 3.8) is 0 Å². The molecular weight excluding hydrogens is 361 g/mol. The summed E-state index contributed by atoms with van der Waals surface area (Å²) in [4.78, 5) is 7.46. The van der Waals surface area contributed by atoms with E-state index >= 15 is 0 Å². The van der Waals surface area contributed by atoms with E-state index in [1.807, 2.05) is 0 Å². The van der Waals surface area contributed by atoms with E-state index in [4.69, 9.17) is 0 Å². The molecule has 25 heavy (non-hydrogen) atoms. The molecule has 0 aliphatic rings. The number of halogens is 3. The third-order valence-corrected chi connectivity index (χ3v) is 4.91. The third kappa shape index (κ3) is 4.00. The van der Waals surface area contributed by atoms with Gasteiger partial charge < -0.3 is 10.6 Å². The second-order valence-corrected chi connectivity index (χ2v) is 7.08. The van der Waals surface area contributed by atoms with Gasteiger partial charge >= 0.3 is 6.18 Å². The van der Waals surface area contributed by atoms with Gasteiger partial charge in [0.2, 0.25) is 5.95 Å². The lowest BCUT2D eigenvalue weighted by Gasteiger charge is -2.13. The molecule has 2 aromatic rings. The van der Waals surface area contributed by atoms with Gasteiger partial charge in [0.15, 0.2) is 0 Å². The lowest BCUT2D eigenvalue weighted by Crippen LogP contribution is -2.17. The molecule has 8 nitrogen and oxygen atoms in total. The van der Waals surface area contributed by atoms with Crippen LogP contribution in [-0.2, 0) is 16.2 Å². The number of hydrogen-bond acceptors (Lipinski definition) is 7. The number of nitrogens with one attached hydrogen (secondary N) is 2. The molecule has 12 heteroatoms. The van der Waals surface area contributed by atoms with Gasteiger partial charge in [0.05, 0.1) is 23.3 Å². The Labute approximate surface area is 142 Å². The first-order valence-corrected chi connectivity index (χ1v) is 8.94. The minimum Gasteiger partial charge on any atom is -0.370 e. The molecule has 2 N–H and O–H groups in total. The molecule has 2 aromatic heterocycles. The molecule has 0 bridgehead atoms. The van der Waals surface area contributed by atoms with Gasteiger partial charge in [-0.3, -0.25) is 0 Å². The predicted molar refractivity (Wildman–Crippen MR) is 86.3 cm³/mol. The normalized spacial score (nSPS) is 12.2. The van der Waals surface area contributed by atoms with Gasteiger partial charge in [0.1, 0.15) is 11.4 Å². The van der Waals surface area contributed by atoms with Gasteiger partial charge in [-0.2, -0.15) is 27.3 Å². The minimum atomic E-state index is -4.59. The maximum Gasteiger partial charge on any atom is 0.421 e. The van der Waals surface area contributed by atoms with Crippen molar-refractivity contribution in [1.82, 2.24) is 19.2 Å². The summed E-state index contributed by atoms with van der Waals surface area (Å²) in [5.74, 6) is -0.615. The topological polar surface area (TPSA) is 102 Å². The average Bonchev–Trinajstić information content (AvgIpc) is 2.88. The molecule has 0 radical (unpaired) electrons. The summed E-state index contributed by atoms with van der Waals surface area (Å²) < 4.78 is 63.5. The van der Waals surface area contributed by atoms with E-state index in [9.17, 15) is 21.6 Å². The maximum absolute atomic E-state index is 12.9. The largest absolute Gasteiger partial charge is 0.421 e. The van der Waals surface area contributed by atoms with Crippen LogP contribution in [0.15, 0.2) is 12.4 Å². The van der Waals surface area contributed by atoms with Crippen molar-refractivity contribution >= 4 is 27.5 Å². The Balaban J connectivity index is 2.37. The van der Waals surface area contributed by atoms with Crippen LogP contribution in [0, 0.1) is 6.92 Å². The first-order chi connectivity index (χ1) is 11.6. The standard InChI is InChI=1S/C13H17F3N6O2S/c1-4-17-11-9(13(14,15)16)6-18-12(21-11)20-10-7-19-22(8(10)3)25(23,24)5-2/h6-7H,4-5H2,1-3H3,(H2,17,18,20,21). The SMILES string of the molecule is CCNc1nc(Nc2cnn(S(=O)(=O)CC)c2C)ncc1C(F)(F)F. The zero-order chi connectivity index (χ0) is 18.8. The molecule has 0 fully saturated rings. The second kappa shape index (κ2) is 6.86. The lowest BCUT2D eigenvalue weighted by molar-refractivity contribution is -0.137. The van der Waals surface area contributed by atoms with Crippen LogP contribution in [0.1, 0.15) is 25.1 Å². The molecule has 2 heterocycles. The number of anilines is 3. The summed E-state index contributed by atoms with van der Waals surface area (Å²) in [7, 11) is -3.58. The van der Waals surface area contributed by atoms with Gasteiger partial charge in [-0.05, 0) is 20.8 Å². The number of aromatic nitrogens is 4. The minimum absolute atomic E-state index is 0.111. The van der Waals surface area contributed by atoms with Crippen molar-refractivity contribution in [3.8, 4) is 0 Å². The highest BCUT2D eigenvalue weighted by Gasteiger charge is 2.35. The van der Waals surface area contributed by atoms with Crippen molar-refractivity contribution in [1.29, 1.82) is 0 Å². The van der Waals surface area contributed by atoms with Crippen LogP contribution in [-0.4, -0.2) is 39.9 Å². The monoisotopic (exact) mass is 378 g/mol. The first kappa shape index (κ1) is 19.0. The predicted octanol–water partition coefficient (Wildman–Crippen LogP) is 2.37. The Bertz CT molecular complexity index is 863. The molecule has 138 valence electrons. The number of nitrogens with zero attached hydrogens (tertiary/aromatic N) is 4. The Hall–Kier alpha value is -2.37. The van der Waals surface area contributed by atoms with Crippen LogP contribution >= 0.6 is 0 Å². The van der Waals surface area contributed by atoms with Crippen LogP contribution < -0.4 is 10.6 Å². The summed E-state index contributed by atoms with van der Waals surface area (Å²) in [5.41, 5.74) is -0.435. The third-order valence-electron chi connectivity index (χ3n) is 3.28. The Morgan fingerprint density at radius 1 is 1.24 bits per heavy atom. The van der Waals surface area contributed by atoms with Crippen LogP contribution in [0.3, 0.4) is 0 Å². The summed E-state index contributed by atoms with van der Waals surface area (Å²) in [5, 5.41) is 9.01. The molecular formula is C13H17F3N6O2S. The molecule has 0 saturated heterocycles. The smallest absolute Gasteiger partial charge is 0.370 e. The molecule has 0 aliphatic carbocycles. The van der Waals surface area contributed by atoms with Gasteiger partial charge in [0, 0.05) is 12.7 Å². The second-order valence-electron chi connectivity index (χ2n) is 5.00. The van der Waals surface area contributed by atoms with E-state index < -0.39 is 21.8 Å². The highest BCUT2D eigenvalue weighted by Crippen LogP contribution is 2.34. The highest BCUT2D eigenvalue weighted by molar-refractivity contribution is 7.89. The summed E-state index contributed by atoms with van der Waals surface area (Å²) in [6.07, 6.45) is -2.68. The van der Waals surface area contributed by atoms with E-state index in [1.165, 1.54) is 20.0 Å². The van der Waals surface area contributed by atoms with E-state index in [2.05, 4.69) is 25.7 Å². The van der Waals surface area contributed by atoms with Crippen LogP contribution in [0.2, 0.25) is 0 Å². The lowest BCUT2D eigenvalue weighted by atomic mass is 10.3. The zero-order valence-corrected chi connectivity index (χ0v) is 14.5. The fraction of sp³-hybridized carbons (Fsp3) is 0.462. The number of rotatable bonds is 6. The van der Waals surface area contributed by atoms with Crippen molar-refractivity contribution in [2.24, 2.45) is 0 Å². The molecule has 2 rings (SSSR count). The fourth-order valence-electron chi connectivity index (χ4n) is 1.99. The fourth-order valence-corrected chi connectivity index (χ4v) is 2.94. The van der Waals surface area contributed by atoms with Crippen molar-refractivity contribution < 1.29 is 21.6 Å². The van der Waals surface area contributed by atoms with Crippen molar-refractivity contribution in [3.05, 3.63) is 23.7 Å². The molecule has 0 unspecified atom stereocenters. The quantitative estimate of drug-likeness (QED) is 0.796. The molecule has 0 saturated carbocycles. The van der Waals surface area contributed by atoms with Gasteiger partial charge in [-0.1, -0.05) is 0 Å². The molecule has 0 amide bonds. The van der Waals surface area contributed by atoms with Crippen LogP contribution in [0.5, 0.6) is 0 Å². The molecule has 0 aliphatic heterocycles. The summed E-state index contributed by atoms with van der Waals surface area (Å²) in [6.45, 7) is 4.87. The summed E-state index contributed by atoms with van der Waals surface area (Å²) in [6, 6.07) is 0. The van der Waals surface area contributed by atoms with Crippen molar-refractivity contribution in [2.75, 3.05) is 22.9 Å². The van der Waals surface area contributed by atoms with E-state index in [-0.39, 0.29) is 35.4 Å². The Kier molecular flexibility index (Phi) is 5.20. The Morgan fingerprint density at radius 3 is 2.48 bits per heavy atom. The van der Waals surface area contributed by atoms with E-state index in [0.717, 1.165) is 4.09 Å². The highest BCUT2D eigenvalue weighted by atomic mass is 32.2. The van der Waals surface area contributed by atoms with Crippen LogP contribution in [0.25, 0.3) is 0 Å². The average molecular weight is 378 g/mol. The van der Waals surface area contributed by atoms with E-state index in [0.29, 0.717) is 6.20 Å². The molecule has 0 aromatic carbocycles. The zero-order valence-electron chi connectivity index (χ0n) is 13.7. The van der Waals surface area contributed by atoms with Crippen LogP contribution in [0.4, 0.5) is 30.6 Å². The van der Waals surface area contributed by atoms with Gasteiger partial charge in [-0.25, -0.2) is 13.4 Å². The first-order valence-electron chi connectivity index (χ1n) is 7.33. The maximum atomic E-state index is 12.9. The van der Waals surface area contributed by atoms with Gasteiger partial charge in [-0.15, -0.1) is 0 Å². The number of alkyl halides is 3. The van der Waals surface area contributed by atoms with Gasteiger partial charge in [0.25, 0.3) is 10.0 Å². The number of hydrogen-bond donors (Lipinski definition) is 2. The van der Waals surface area contributed by atoms with Crippen molar-refractivity contribution in [2.45, 2.75) is 26.9 Å². The summed E-state index contributed by atoms with van der Waals surface area (Å²) >= 11 is 0. The van der Waals surface area contributed by atoms with E-state index in [1.54, 1.807) is 6.92 Å². The Morgan fingerprint density at radius 2 is 1.92 bits per heavy atom. The molecule has 0 atom stereocenters.